The third-order valence-electron chi connectivity index (χ3n) is 2.68. The molecule has 0 radical (unpaired) electrons. The first-order chi connectivity index (χ1) is 8.26. The monoisotopic (exact) mass is 295 g/mol. The van der Waals surface area contributed by atoms with Crippen LogP contribution in [0.2, 0.25) is 0 Å². The summed E-state index contributed by atoms with van der Waals surface area (Å²) in [6.45, 7) is 0. The van der Waals surface area contributed by atoms with E-state index in [1.54, 1.807) is 19.6 Å². The van der Waals surface area contributed by atoms with Gasteiger partial charge in [-0.25, -0.2) is 0 Å². The lowest BCUT2D eigenvalue weighted by atomic mass is 10.0. The number of hydrogen-bond donors (Lipinski definition) is 1. The zero-order chi connectivity index (χ0) is 12.3. The number of rotatable bonds is 4. The Bertz CT molecular complexity index is 482. The third-order valence-corrected chi connectivity index (χ3v) is 3.37. The van der Waals surface area contributed by atoms with E-state index in [0.717, 1.165) is 21.3 Å². The average molecular weight is 296 g/mol. The van der Waals surface area contributed by atoms with Gasteiger partial charge >= 0.3 is 0 Å². The minimum absolute atomic E-state index is 0.106. The van der Waals surface area contributed by atoms with Crippen LogP contribution in [0, 0.1) is 0 Å². The molecular formula is C13H14BrNO2. The lowest BCUT2D eigenvalue weighted by Crippen LogP contribution is -2.17. The van der Waals surface area contributed by atoms with Gasteiger partial charge in [-0.05, 0) is 30.8 Å². The summed E-state index contributed by atoms with van der Waals surface area (Å²) in [7, 11) is 3.58. The van der Waals surface area contributed by atoms with Gasteiger partial charge in [0, 0.05) is 10.0 Å². The van der Waals surface area contributed by atoms with E-state index in [2.05, 4.69) is 21.2 Å². The number of ether oxygens (including phenoxy) is 1. The van der Waals surface area contributed by atoms with Gasteiger partial charge in [-0.3, -0.25) is 0 Å². The molecule has 17 heavy (non-hydrogen) atoms. The molecule has 0 spiro atoms. The Hall–Kier alpha value is -1.26. The van der Waals surface area contributed by atoms with Gasteiger partial charge in [-0.2, -0.15) is 0 Å². The molecule has 0 aliphatic heterocycles. The quantitative estimate of drug-likeness (QED) is 0.939. The van der Waals surface area contributed by atoms with Gasteiger partial charge in [0.05, 0.1) is 25.7 Å². The summed E-state index contributed by atoms with van der Waals surface area (Å²) in [6, 6.07) is 8.01. The highest BCUT2D eigenvalue weighted by molar-refractivity contribution is 9.10. The van der Waals surface area contributed by atoms with Crippen LogP contribution in [-0.4, -0.2) is 14.2 Å². The van der Waals surface area contributed by atoms with Crippen molar-refractivity contribution in [2.24, 2.45) is 0 Å². The molecule has 0 amide bonds. The topological polar surface area (TPSA) is 34.4 Å². The fraction of sp³-hybridized carbons (Fsp3) is 0.231. The van der Waals surface area contributed by atoms with E-state index in [0.29, 0.717) is 0 Å². The highest BCUT2D eigenvalue weighted by Gasteiger charge is 2.16. The van der Waals surface area contributed by atoms with Crippen molar-refractivity contribution in [2.45, 2.75) is 6.04 Å². The molecule has 0 bridgehead atoms. The standard InChI is InChI=1S/C13H14BrNO2/c1-15-13(9-5-6-17-8-9)11-4-3-10(16-2)7-12(11)14/h3-8,13,15H,1-2H3. The van der Waals surface area contributed by atoms with Gasteiger partial charge in [0.25, 0.3) is 0 Å². The van der Waals surface area contributed by atoms with Crippen molar-refractivity contribution in [1.29, 1.82) is 0 Å². The molecule has 1 N–H and O–H groups in total. The molecule has 1 unspecified atom stereocenters. The van der Waals surface area contributed by atoms with E-state index in [4.69, 9.17) is 9.15 Å². The second-order valence-corrected chi connectivity index (χ2v) is 4.52. The van der Waals surface area contributed by atoms with E-state index in [1.165, 1.54) is 0 Å². The SMILES string of the molecule is CNC(c1ccoc1)c1ccc(OC)cc1Br. The van der Waals surface area contributed by atoms with Crippen molar-refractivity contribution >= 4 is 15.9 Å². The minimum Gasteiger partial charge on any atom is -0.497 e. The van der Waals surface area contributed by atoms with E-state index < -0.39 is 0 Å². The number of furan rings is 1. The van der Waals surface area contributed by atoms with E-state index in [1.807, 2.05) is 31.3 Å². The summed E-state index contributed by atoms with van der Waals surface area (Å²) in [5, 5.41) is 3.27. The van der Waals surface area contributed by atoms with Crippen molar-refractivity contribution < 1.29 is 9.15 Å². The first kappa shape index (κ1) is 12.2. The molecule has 2 aromatic rings. The smallest absolute Gasteiger partial charge is 0.120 e. The van der Waals surface area contributed by atoms with Crippen LogP contribution in [0.4, 0.5) is 0 Å². The molecule has 0 fully saturated rings. The van der Waals surface area contributed by atoms with E-state index in [9.17, 15) is 0 Å². The Labute approximate surface area is 109 Å². The molecule has 4 heteroatoms. The molecule has 1 atom stereocenters. The summed E-state index contributed by atoms with van der Waals surface area (Å²) in [5.41, 5.74) is 2.24. The Kier molecular flexibility index (Phi) is 3.86. The summed E-state index contributed by atoms with van der Waals surface area (Å²) in [5.74, 6) is 0.836. The molecule has 1 aromatic carbocycles. The molecule has 0 aliphatic carbocycles. The molecule has 1 aromatic heterocycles. The number of nitrogens with one attached hydrogen (secondary N) is 1. The summed E-state index contributed by atoms with van der Waals surface area (Å²) in [4.78, 5) is 0. The second kappa shape index (κ2) is 5.38. The first-order valence-corrected chi connectivity index (χ1v) is 6.08. The van der Waals surface area contributed by atoms with Crippen LogP contribution < -0.4 is 10.1 Å². The van der Waals surface area contributed by atoms with Crippen molar-refractivity contribution in [3.05, 3.63) is 52.4 Å². The van der Waals surface area contributed by atoms with Gasteiger partial charge < -0.3 is 14.5 Å². The maximum atomic E-state index is 5.19. The third kappa shape index (κ3) is 2.53. The largest absolute Gasteiger partial charge is 0.497 e. The highest BCUT2D eigenvalue weighted by Crippen LogP contribution is 2.31. The van der Waals surface area contributed by atoms with Crippen LogP contribution >= 0.6 is 15.9 Å². The fourth-order valence-corrected chi connectivity index (χ4v) is 2.40. The Morgan fingerprint density at radius 3 is 2.71 bits per heavy atom. The van der Waals surface area contributed by atoms with Gasteiger partial charge in [0.2, 0.25) is 0 Å². The highest BCUT2D eigenvalue weighted by atomic mass is 79.9. The normalized spacial score (nSPS) is 12.4. The van der Waals surface area contributed by atoms with Crippen LogP contribution in [0.15, 0.2) is 45.7 Å². The maximum absolute atomic E-state index is 5.19. The lowest BCUT2D eigenvalue weighted by molar-refractivity contribution is 0.414. The molecular weight excluding hydrogens is 282 g/mol. The van der Waals surface area contributed by atoms with Crippen LogP contribution in [0.1, 0.15) is 17.2 Å². The first-order valence-electron chi connectivity index (χ1n) is 5.29. The van der Waals surface area contributed by atoms with E-state index in [-0.39, 0.29) is 6.04 Å². The number of benzene rings is 1. The van der Waals surface area contributed by atoms with Crippen LogP contribution in [0.5, 0.6) is 5.75 Å². The zero-order valence-corrected chi connectivity index (χ0v) is 11.3. The van der Waals surface area contributed by atoms with E-state index >= 15 is 0 Å². The van der Waals surface area contributed by atoms with Crippen LogP contribution in [0.3, 0.4) is 0 Å². The average Bonchev–Trinajstić information content (AvgIpc) is 2.85. The van der Waals surface area contributed by atoms with Gasteiger partial charge in [0.1, 0.15) is 5.75 Å². The predicted molar refractivity (Wildman–Crippen MR) is 70.3 cm³/mol. The molecule has 0 aliphatic rings. The summed E-state index contributed by atoms with van der Waals surface area (Å²) < 4.78 is 11.3. The Balaban J connectivity index is 2.38. The molecule has 0 saturated carbocycles. The predicted octanol–water partition coefficient (Wildman–Crippen LogP) is 3.36. The van der Waals surface area contributed by atoms with Crippen LogP contribution in [-0.2, 0) is 0 Å². The van der Waals surface area contributed by atoms with Crippen molar-refractivity contribution in [3.8, 4) is 5.75 Å². The minimum atomic E-state index is 0.106. The maximum Gasteiger partial charge on any atom is 0.120 e. The van der Waals surface area contributed by atoms with Crippen molar-refractivity contribution in [2.75, 3.05) is 14.2 Å². The molecule has 0 saturated heterocycles. The summed E-state index contributed by atoms with van der Waals surface area (Å²) >= 11 is 3.56. The second-order valence-electron chi connectivity index (χ2n) is 3.67. The van der Waals surface area contributed by atoms with Gasteiger partial charge in [-0.15, -0.1) is 0 Å². The van der Waals surface area contributed by atoms with Crippen LogP contribution in [0.25, 0.3) is 0 Å². The van der Waals surface area contributed by atoms with Crippen molar-refractivity contribution in [1.82, 2.24) is 5.32 Å². The van der Waals surface area contributed by atoms with Crippen molar-refractivity contribution in [3.63, 3.8) is 0 Å². The Morgan fingerprint density at radius 2 is 2.18 bits per heavy atom. The zero-order valence-electron chi connectivity index (χ0n) is 9.74. The molecule has 3 nitrogen and oxygen atoms in total. The Morgan fingerprint density at radius 1 is 1.35 bits per heavy atom. The fourth-order valence-electron chi connectivity index (χ4n) is 1.81. The molecule has 1 heterocycles. The van der Waals surface area contributed by atoms with Gasteiger partial charge in [0.15, 0.2) is 0 Å². The number of methoxy groups -OCH3 is 1. The molecule has 90 valence electrons. The lowest BCUT2D eigenvalue weighted by Gasteiger charge is -2.17. The summed E-state index contributed by atoms with van der Waals surface area (Å²) in [6.07, 6.45) is 3.43. The molecule has 2 rings (SSSR count). The number of halogens is 1. The van der Waals surface area contributed by atoms with Gasteiger partial charge in [-0.1, -0.05) is 22.0 Å². The number of hydrogen-bond acceptors (Lipinski definition) is 3.